The number of amides is 1. The van der Waals surface area contributed by atoms with Gasteiger partial charge in [0, 0.05) is 49.4 Å². The van der Waals surface area contributed by atoms with Crippen molar-refractivity contribution in [2.24, 2.45) is 0 Å². The molecule has 1 aliphatic rings. The van der Waals surface area contributed by atoms with E-state index in [1.165, 1.54) is 0 Å². The van der Waals surface area contributed by atoms with Crippen molar-refractivity contribution in [3.8, 4) is 0 Å². The molecular formula is C26H31ClN4O2. The molecule has 1 atom stereocenters. The van der Waals surface area contributed by atoms with Crippen molar-refractivity contribution in [3.63, 3.8) is 0 Å². The van der Waals surface area contributed by atoms with Crippen LogP contribution in [-0.4, -0.2) is 58.2 Å². The zero-order valence-corrected chi connectivity index (χ0v) is 20.1. The van der Waals surface area contributed by atoms with Crippen LogP contribution in [0.1, 0.15) is 37.4 Å². The lowest BCUT2D eigenvalue weighted by molar-refractivity contribution is -0.130. The van der Waals surface area contributed by atoms with Crippen molar-refractivity contribution in [1.29, 1.82) is 0 Å². The average Bonchev–Trinajstić information content (AvgIpc) is 3.28. The zero-order valence-electron chi connectivity index (χ0n) is 19.3. The van der Waals surface area contributed by atoms with Crippen LogP contribution < -0.4 is 5.56 Å². The Kier molecular flexibility index (Phi) is 7.46. The van der Waals surface area contributed by atoms with E-state index >= 15 is 0 Å². The van der Waals surface area contributed by atoms with Crippen LogP contribution in [0.5, 0.6) is 0 Å². The molecule has 174 valence electrons. The molecule has 0 saturated carbocycles. The fraction of sp³-hybridized carbons (Fsp3) is 0.423. The molecule has 2 aromatic carbocycles. The number of halogens is 1. The summed E-state index contributed by atoms with van der Waals surface area (Å²) in [5, 5.41) is 7.11. The molecule has 0 N–H and O–H groups in total. The van der Waals surface area contributed by atoms with Crippen LogP contribution >= 0.6 is 11.6 Å². The lowest BCUT2D eigenvalue weighted by Crippen LogP contribution is -2.39. The van der Waals surface area contributed by atoms with Crippen molar-refractivity contribution < 1.29 is 4.79 Å². The number of carbonyl (C=O) groups excluding carboxylic acids is 1. The smallest absolute Gasteiger partial charge is 0.274 e. The van der Waals surface area contributed by atoms with Crippen LogP contribution in [0.2, 0.25) is 5.02 Å². The minimum Gasteiger partial charge on any atom is -0.346 e. The summed E-state index contributed by atoms with van der Waals surface area (Å²) >= 11 is 6.05. The van der Waals surface area contributed by atoms with E-state index in [4.69, 9.17) is 16.7 Å². The largest absolute Gasteiger partial charge is 0.346 e. The molecule has 7 heteroatoms. The number of likely N-dealkylation sites (tertiary alicyclic amines) is 1. The van der Waals surface area contributed by atoms with E-state index in [9.17, 15) is 9.59 Å². The third-order valence-corrected chi connectivity index (χ3v) is 6.88. The fourth-order valence-electron chi connectivity index (χ4n) is 4.56. The highest BCUT2D eigenvalue weighted by Gasteiger charge is 2.26. The van der Waals surface area contributed by atoms with Crippen LogP contribution in [0.15, 0.2) is 53.3 Å². The quantitative estimate of drug-likeness (QED) is 0.504. The lowest BCUT2D eigenvalue weighted by atomic mass is 10.0. The first kappa shape index (κ1) is 23.5. The molecule has 4 rings (SSSR count). The molecule has 1 fully saturated rings. The Morgan fingerprint density at radius 2 is 1.88 bits per heavy atom. The highest BCUT2D eigenvalue weighted by atomic mass is 35.5. The van der Waals surface area contributed by atoms with Crippen molar-refractivity contribution >= 4 is 28.3 Å². The van der Waals surface area contributed by atoms with Gasteiger partial charge in [-0.2, -0.15) is 5.10 Å². The molecule has 0 bridgehead atoms. The van der Waals surface area contributed by atoms with E-state index in [1.807, 2.05) is 62.5 Å². The summed E-state index contributed by atoms with van der Waals surface area (Å²) in [7, 11) is 1.84. The summed E-state index contributed by atoms with van der Waals surface area (Å²) in [5.74, 6) is 0.161. The molecule has 6 nitrogen and oxygen atoms in total. The van der Waals surface area contributed by atoms with Gasteiger partial charge >= 0.3 is 0 Å². The van der Waals surface area contributed by atoms with Gasteiger partial charge in [-0.15, -0.1) is 0 Å². The van der Waals surface area contributed by atoms with Gasteiger partial charge in [0.1, 0.15) is 0 Å². The van der Waals surface area contributed by atoms with Gasteiger partial charge in [0.25, 0.3) is 5.56 Å². The Morgan fingerprint density at radius 3 is 2.61 bits per heavy atom. The zero-order chi connectivity index (χ0) is 23.4. The highest BCUT2D eigenvalue weighted by molar-refractivity contribution is 6.30. The first-order valence-corrected chi connectivity index (χ1v) is 12.0. The average molecular weight is 467 g/mol. The third kappa shape index (κ3) is 5.45. The molecular weight excluding hydrogens is 436 g/mol. The Hall–Kier alpha value is -2.70. The Bertz CT molecular complexity index is 1180. The van der Waals surface area contributed by atoms with Crippen LogP contribution in [0.4, 0.5) is 0 Å². The molecule has 0 unspecified atom stereocenters. The van der Waals surface area contributed by atoms with Crippen LogP contribution in [0, 0.1) is 0 Å². The van der Waals surface area contributed by atoms with Crippen molar-refractivity contribution in [1.82, 2.24) is 19.6 Å². The standard InChI is InChI=1S/C26H31ClN4O2/c1-3-29(2)25(32)14-16-30-15-6-7-21(30)18-31-26(33)23-9-5-4-8-22(23)24(28-31)17-19-10-12-20(27)13-11-19/h4-5,8-13,21H,3,6-7,14-18H2,1-2H3/t21-/m1/s1. The first-order chi connectivity index (χ1) is 16.0. The summed E-state index contributed by atoms with van der Waals surface area (Å²) < 4.78 is 1.64. The topological polar surface area (TPSA) is 58.4 Å². The number of carbonyl (C=O) groups is 1. The molecule has 0 spiro atoms. The molecule has 1 saturated heterocycles. The first-order valence-electron chi connectivity index (χ1n) is 11.7. The van der Waals surface area contributed by atoms with Crippen LogP contribution in [0.3, 0.4) is 0 Å². The summed E-state index contributed by atoms with van der Waals surface area (Å²) in [6, 6.07) is 15.7. The van der Waals surface area contributed by atoms with E-state index in [-0.39, 0.29) is 17.5 Å². The molecule has 0 radical (unpaired) electrons. The summed E-state index contributed by atoms with van der Waals surface area (Å²) in [5.41, 5.74) is 1.93. The van der Waals surface area contributed by atoms with Crippen LogP contribution in [0.25, 0.3) is 10.8 Å². The van der Waals surface area contributed by atoms with Gasteiger partial charge < -0.3 is 4.90 Å². The lowest BCUT2D eigenvalue weighted by Gasteiger charge is -2.25. The SMILES string of the molecule is CCN(C)C(=O)CCN1CCC[C@@H]1Cn1nc(Cc2ccc(Cl)cc2)c2ccccc2c1=O. The maximum atomic E-state index is 13.3. The van der Waals surface area contributed by atoms with Gasteiger partial charge in [0.15, 0.2) is 0 Å². The minimum absolute atomic E-state index is 0.0564. The van der Waals surface area contributed by atoms with Gasteiger partial charge in [0.05, 0.1) is 17.6 Å². The van der Waals surface area contributed by atoms with E-state index in [2.05, 4.69) is 4.90 Å². The molecule has 0 aliphatic carbocycles. The second kappa shape index (κ2) is 10.5. The Labute approximate surface area is 199 Å². The van der Waals surface area contributed by atoms with E-state index < -0.39 is 0 Å². The second-order valence-electron chi connectivity index (χ2n) is 8.77. The summed E-state index contributed by atoms with van der Waals surface area (Å²) in [6.45, 7) is 4.90. The monoisotopic (exact) mass is 466 g/mol. The van der Waals surface area contributed by atoms with E-state index in [1.54, 1.807) is 9.58 Å². The molecule has 2 heterocycles. The minimum atomic E-state index is -0.0564. The van der Waals surface area contributed by atoms with Gasteiger partial charge in [0.2, 0.25) is 5.91 Å². The Balaban J connectivity index is 1.58. The van der Waals surface area contributed by atoms with E-state index in [0.29, 0.717) is 36.3 Å². The molecule has 1 aliphatic heterocycles. The van der Waals surface area contributed by atoms with Crippen molar-refractivity contribution in [3.05, 3.63) is 75.2 Å². The number of nitrogens with zero attached hydrogens (tertiary/aromatic N) is 4. The second-order valence-corrected chi connectivity index (χ2v) is 9.21. The third-order valence-electron chi connectivity index (χ3n) is 6.62. The van der Waals surface area contributed by atoms with Gasteiger partial charge in [-0.1, -0.05) is 41.9 Å². The van der Waals surface area contributed by atoms with Gasteiger partial charge in [-0.3, -0.25) is 14.5 Å². The van der Waals surface area contributed by atoms with Crippen molar-refractivity contribution in [2.45, 2.75) is 45.2 Å². The maximum Gasteiger partial charge on any atom is 0.274 e. The summed E-state index contributed by atoms with van der Waals surface area (Å²) in [4.78, 5) is 29.6. The van der Waals surface area contributed by atoms with Crippen LogP contribution in [-0.2, 0) is 17.8 Å². The predicted octanol–water partition coefficient (Wildman–Crippen LogP) is 3.97. The highest BCUT2D eigenvalue weighted by Crippen LogP contribution is 2.21. The molecule has 1 amide bonds. The fourth-order valence-corrected chi connectivity index (χ4v) is 4.68. The number of hydrogen-bond acceptors (Lipinski definition) is 4. The van der Waals surface area contributed by atoms with Crippen molar-refractivity contribution in [2.75, 3.05) is 26.7 Å². The number of fused-ring (bicyclic) bond motifs is 1. The normalized spacial score (nSPS) is 16.4. The molecule has 3 aromatic rings. The number of benzene rings is 2. The summed E-state index contributed by atoms with van der Waals surface area (Å²) in [6.07, 6.45) is 3.21. The predicted molar refractivity (Wildman–Crippen MR) is 133 cm³/mol. The molecule has 1 aromatic heterocycles. The van der Waals surface area contributed by atoms with Gasteiger partial charge in [-0.25, -0.2) is 4.68 Å². The van der Waals surface area contributed by atoms with E-state index in [0.717, 1.165) is 42.6 Å². The molecule has 33 heavy (non-hydrogen) atoms. The number of rotatable bonds is 8. The Morgan fingerprint density at radius 1 is 1.15 bits per heavy atom. The number of hydrogen-bond donors (Lipinski definition) is 0. The maximum absolute atomic E-state index is 13.3. The number of aromatic nitrogens is 2. The van der Waals surface area contributed by atoms with Gasteiger partial charge in [-0.05, 0) is 50.1 Å².